The topological polar surface area (TPSA) is 41.6 Å². The van der Waals surface area contributed by atoms with E-state index in [0.717, 1.165) is 13.0 Å². The number of rotatable bonds is 1. The summed E-state index contributed by atoms with van der Waals surface area (Å²) >= 11 is 0. The lowest BCUT2D eigenvalue weighted by molar-refractivity contribution is 0.00645. The Morgan fingerprint density at radius 3 is 2.56 bits per heavy atom. The van der Waals surface area contributed by atoms with Gasteiger partial charge in [0.2, 0.25) is 0 Å². The van der Waals surface area contributed by atoms with Crippen LogP contribution in [0.1, 0.15) is 34.1 Å². The van der Waals surface area contributed by atoms with E-state index in [9.17, 15) is 4.79 Å². The lowest BCUT2D eigenvalue weighted by atomic mass is 9.96. The molecule has 4 heteroatoms. The fraction of sp³-hybridized carbons (Fsp3) is 0.917. The van der Waals surface area contributed by atoms with Gasteiger partial charge in [0.1, 0.15) is 0 Å². The molecular weight excluding hydrogens is 204 g/mol. The Morgan fingerprint density at radius 1 is 1.44 bits per heavy atom. The Morgan fingerprint density at radius 2 is 2.06 bits per heavy atom. The van der Waals surface area contributed by atoms with Crippen LogP contribution in [0, 0.1) is 5.92 Å². The average Bonchev–Trinajstić information content (AvgIpc) is 2.15. The van der Waals surface area contributed by atoms with Gasteiger partial charge in [-0.25, -0.2) is 4.79 Å². The van der Waals surface area contributed by atoms with Gasteiger partial charge < -0.3 is 15.0 Å². The molecule has 1 aliphatic rings. The van der Waals surface area contributed by atoms with Crippen molar-refractivity contribution < 1.29 is 9.53 Å². The van der Waals surface area contributed by atoms with E-state index in [1.54, 1.807) is 7.11 Å². The van der Waals surface area contributed by atoms with Gasteiger partial charge in [0.05, 0.1) is 6.10 Å². The minimum Gasteiger partial charge on any atom is -0.379 e. The number of amides is 2. The van der Waals surface area contributed by atoms with Gasteiger partial charge in [-0.1, -0.05) is 6.92 Å². The standard InChI is InChI=1S/C12H24N2O2/c1-9-6-7-14(8-10(9)16-5)11(15)13-12(2,3)4/h9-10H,6-8H2,1-5H3,(H,13,15). The third-order valence-corrected chi connectivity index (χ3v) is 2.96. The van der Waals surface area contributed by atoms with Gasteiger partial charge in [0.25, 0.3) is 0 Å². The molecule has 1 saturated heterocycles. The molecule has 1 fully saturated rings. The number of hydrogen-bond donors (Lipinski definition) is 1. The van der Waals surface area contributed by atoms with Crippen molar-refractivity contribution in [2.75, 3.05) is 20.2 Å². The molecule has 4 nitrogen and oxygen atoms in total. The van der Waals surface area contributed by atoms with Crippen LogP contribution in [-0.2, 0) is 4.74 Å². The number of carbonyl (C=O) groups is 1. The van der Waals surface area contributed by atoms with E-state index in [4.69, 9.17) is 4.74 Å². The predicted octanol–water partition coefficient (Wildman–Crippen LogP) is 1.85. The zero-order chi connectivity index (χ0) is 12.3. The van der Waals surface area contributed by atoms with E-state index in [2.05, 4.69) is 12.2 Å². The molecule has 2 unspecified atom stereocenters. The molecule has 1 heterocycles. The number of piperidine rings is 1. The molecule has 0 aromatic rings. The van der Waals surface area contributed by atoms with Gasteiger partial charge in [-0.15, -0.1) is 0 Å². The van der Waals surface area contributed by atoms with Crippen LogP contribution in [0.15, 0.2) is 0 Å². The summed E-state index contributed by atoms with van der Waals surface area (Å²) in [4.78, 5) is 13.8. The van der Waals surface area contributed by atoms with Crippen LogP contribution < -0.4 is 5.32 Å². The highest BCUT2D eigenvalue weighted by Gasteiger charge is 2.29. The van der Waals surface area contributed by atoms with Crippen LogP contribution in [0.2, 0.25) is 0 Å². The molecule has 0 bridgehead atoms. The summed E-state index contributed by atoms with van der Waals surface area (Å²) in [6.45, 7) is 9.66. The molecule has 0 spiro atoms. The fourth-order valence-electron chi connectivity index (χ4n) is 1.92. The molecule has 2 amide bonds. The lowest BCUT2D eigenvalue weighted by Crippen LogP contribution is -2.54. The van der Waals surface area contributed by atoms with E-state index in [1.165, 1.54) is 0 Å². The van der Waals surface area contributed by atoms with Crippen molar-refractivity contribution in [1.29, 1.82) is 0 Å². The molecular formula is C12H24N2O2. The number of nitrogens with zero attached hydrogens (tertiary/aromatic N) is 1. The maximum absolute atomic E-state index is 11.9. The maximum atomic E-state index is 11.9. The first-order valence-corrected chi connectivity index (χ1v) is 5.93. The number of carbonyl (C=O) groups excluding carboxylic acids is 1. The number of methoxy groups -OCH3 is 1. The van der Waals surface area contributed by atoms with Crippen LogP contribution in [0.4, 0.5) is 4.79 Å². The average molecular weight is 228 g/mol. The predicted molar refractivity (Wildman–Crippen MR) is 64.4 cm³/mol. The van der Waals surface area contributed by atoms with Crippen molar-refractivity contribution in [2.24, 2.45) is 5.92 Å². The van der Waals surface area contributed by atoms with E-state index in [0.29, 0.717) is 12.5 Å². The smallest absolute Gasteiger partial charge is 0.317 e. The first kappa shape index (κ1) is 13.3. The van der Waals surface area contributed by atoms with Crippen molar-refractivity contribution in [3.05, 3.63) is 0 Å². The molecule has 0 aromatic carbocycles. The highest BCUT2D eigenvalue weighted by molar-refractivity contribution is 5.75. The highest BCUT2D eigenvalue weighted by Crippen LogP contribution is 2.19. The Hall–Kier alpha value is -0.770. The molecule has 0 aliphatic carbocycles. The largest absolute Gasteiger partial charge is 0.379 e. The van der Waals surface area contributed by atoms with Crippen molar-refractivity contribution in [2.45, 2.75) is 45.8 Å². The second kappa shape index (κ2) is 5.04. The molecule has 0 saturated carbocycles. The fourth-order valence-corrected chi connectivity index (χ4v) is 1.92. The molecule has 0 radical (unpaired) electrons. The number of nitrogens with one attached hydrogen (secondary N) is 1. The van der Waals surface area contributed by atoms with Crippen LogP contribution in [0.5, 0.6) is 0 Å². The second-order valence-corrected chi connectivity index (χ2v) is 5.67. The molecule has 16 heavy (non-hydrogen) atoms. The second-order valence-electron chi connectivity index (χ2n) is 5.67. The van der Waals surface area contributed by atoms with Crippen LogP contribution in [-0.4, -0.2) is 42.8 Å². The maximum Gasteiger partial charge on any atom is 0.317 e. The molecule has 1 N–H and O–H groups in total. The van der Waals surface area contributed by atoms with Gasteiger partial charge in [0, 0.05) is 25.7 Å². The summed E-state index contributed by atoms with van der Waals surface area (Å²) in [7, 11) is 1.71. The first-order chi connectivity index (χ1) is 7.33. The summed E-state index contributed by atoms with van der Waals surface area (Å²) in [5, 5.41) is 2.98. The Balaban J connectivity index is 2.52. The van der Waals surface area contributed by atoms with Crippen molar-refractivity contribution in [3.63, 3.8) is 0 Å². The summed E-state index contributed by atoms with van der Waals surface area (Å²) in [6, 6.07) is 0.0152. The SMILES string of the molecule is COC1CN(C(=O)NC(C)(C)C)CCC1C. The number of hydrogen-bond acceptors (Lipinski definition) is 2. The van der Waals surface area contributed by atoms with E-state index in [-0.39, 0.29) is 17.7 Å². The van der Waals surface area contributed by atoms with Gasteiger partial charge >= 0.3 is 6.03 Å². The van der Waals surface area contributed by atoms with Crippen molar-refractivity contribution in [3.8, 4) is 0 Å². The summed E-state index contributed by atoms with van der Waals surface area (Å²) in [6.07, 6.45) is 1.18. The molecule has 94 valence electrons. The molecule has 0 aromatic heterocycles. The van der Waals surface area contributed by atoms with Crippen molar-refractivity contribution >= 4 is 6.03 Å². The third-order valence-electron chi connectivity index (χ3n) is 2.96. The normalized spacial score (nSPS) is 26.7. The summed E-state index contributed by atoms with van der Waals surface area (Å²) in [5.41, 5.74) is -0.178. The van der Waals surface area contributed by atoms with Gasteiger partial charge in [-0.2, -0.15) is 0 Å². The van der Waals surface area contributed by atoms with Crippen molar-refractivity contribution in [1.82, 2.24) is 10.2 Å². The summed E-state index contributed by atoms with van der Waals surface area (Å²) < 4.78 is 5.39. The number of ether oxygens (including phenoxy) is 1. The molecule has 1 aliphatic heterocycles. The quantitative estimate of drug-likeness (QED) is 0.744. The van der Waals surface area contributed by atoms with Gasteiger partial charge in [-0.05, 0) is 33.1 Å². The first-order valence-electron chi connectivity index (χ1n) is 5.93. The lowest BCUT2D eigenvalue weighted by Gasteiger charge is -2.37. The number of urea groups is 1. The van der Waals surface area contributed by atoms with E-state index in [1.807, 2.05) is 25.7 Å². The van der Waals surface area contributed by atoms with Crippen LogP contribution in [0.25, 0.3) is 0 Å². The zero-order valence-electron chi connectivity index (χ0n) is 11.0. The third kappa shape index (κ3) is 3.67. The molecule has 1 rings (SSSR count). The van der Waals surface area contributed by atoms with E-state index < -0.39 is 0 Å². The number of likely N-dealkylation sites (tertiary alicyclic amines) is 1. The van der Waals surface area contributed by atoms with E-state index >= 15 is 0 Å². The van der Waals surface area contributed by atoms with Gasteiger partial charge in [0.15, 0.2) is 0 Å². The Bertz CT molecular complexity index is 248. The Labute approximate surface area is 98.3 Å². The minimum absolute atomic E-state index is 0.0152. The summed E-state index contributed by atoms with van der Waals surface area (Å²) in [5.74, 6) is 0.531. The zero-order valence-corrected chi connectivity index (χ0v) is 11.0. The van der Waals surface area contributed by atoms with Gasteiger partial charge in [-0.3, -0.25) is 0 Å². The van der Waals surface area contributed by atoms with Crippen LogP contribution in [0.3, 0.4) is 0 Å². The highest BCUT2D eigenvalue weighted by atomic mass is 16.5. The minimum atomic E-state index is -0.178. The molecule has 2 atom stereocenters. The Kier molecular flexibility index (Phi) is 4.19. The monoisotopic (exact) mass is 228 g/mol. The van der Waals surface area contributed by atoms with Crippen LogP contribution >= 0.6 is 0 Å².